The third kappa shape index (κ3) is 6.13. The summed E-state index contributed by atoms with van der Waals surface area (Å²) < 4.78 is 0. The Hall–Kier alpha value is -0.0800. The molecule has 1 saturated carbocycles. The van der Waals surface area contributed by atoms with Gasteiger partial charge in [-0.05, 0) is 65.3 Å². The summed E-state index contributed by atoms with van der Waals surface area (Å²) in [5, 5.41) is 3.76. The second kappa shape index (κ2) is 7.26. The van der Waals surface area contributed by atoms with Crippen molar-refractivity contribution in [3.8, 4) is 0 Å². The van der Waals surface area contributed by atoms with Gasteiger partial charge in [0.25, 0.3) is 0 Å². The Balaban J connectivity index is 2.57. The zero-order chi connectivity index (χ0) is 15.4. The van der Waals surface area contributed by atoms with E-state index in [1.165, 1.54) is 45.2 Å². The van der Waals surface area contributed by atoms with Gasteiger partial charge in [-0.3, -0.25) is 0 Å². The van der Waals surface area contributed by atoms with Gasteiger partial charge in [0, 0.05) is 24.7 Å². The molecular formula is C18H38N2. The zero-order valence-corrected chi connectivity index (χ0v) is 15.1. The van der Waals surface area contributed by atoms with E-state index in [0.717, 1.165) is 5.92 Å². The highest BCUT2D eigenvalue weighted by atomic mass is 15.1. The van der Waals surface area contributed by atoms with Gasteiger partial charge in [-0.1, -0.05) is 26.7 Å². The Kier molecular flexibility index (Phi) is 6.53. The number of nitrogens with one attached hydrogen (secondary N) is 1. The second-order valence-corrected chi connectivity index (χ2v) is 8.70. The van der Waals surface area contributed by atoms with Crippen LogP contribution in [0.15, 0.2) is 0 Å². The minimum atomic E-state index is 0.234. The predicted molar refractivity (Wildman–Crippen MR) is 90.2 cm³/mol. The minimum Gasteiger partial charge on any atom is -0.311 e. The van der Waals surface area contributed by atoms with E-state index >= 15 is 0 Å². The van der Waals surface area contributed by atoms with Gasteiger partial charge in [0.1, 0.15) is 0 Å². The van der Waals surface area contributed by atoms with Crippen LogP contribution in [0.25, 0.3) is 0 Å². The van der Waals surface area contributed by atoms with Crippen LogP contribution in [0.2, 0.25) is 0 Å². The van der Waals surface area contributed by atoms with Crippen LogP contribution in [-0.4, -0.2) is 36.6 Å². The SMILES string of the molecule is CC(C)CC(C)N(C)CC1(CNC(C)(C)C)CCCC1. The molecule has 0 aliphatic heterocycles. The molecule has 1 atom stereocenters. The number of hydrogen-bond acceptors (Lipinski definition) is 2. The van der Waals surface area contributed by atoms with Crippen LogP contribution in [0.3, 0.4) is 0 Å². The molecule has 0 saturated heterocycles. The Bertz CT molecular complexity index is 272. The molecule has 20 heavy (non-hydrogen) atoms. The van der Waals surface area contributed by atoms with Gasteiger partial charge in [-0.15, -0.1) is 0 Å². The third-order valence-corrected chi connectivity index (χ3v) is 4.81. The molecule has 0 radical (unpaired) electrons. The lowest BCUT2D eigenvalue weighted by atomic mass is 9.84. The summed E-state index contributed by atoms with van der Waals surface area (Å²) in [5.41, 5.74) is 0.741. The van der Waals surface area contributed by atoms with E-state index in [9.17, 15) is 0 Å². The first-order valence-electron chi connectivity index (χ1n) is 8.59. The molecule has 0 amide bonds. The highest BCUT2D eigenvalue weighted by Crippen LogP contribution is 2.39. The van der Waals surface area contributed by atoms with Crippen LogP contribution in [0, 0.1) is 11.3 Å². The monoisotopic (exact) mass is 282 g/mol. The van der Waals surface area contributed by atoms with Crippen molar-refractivity contribution < 1.29 is 0 Å². The van der Waals surface area contributed by atoms with Crippen LogP contribution in [0.5, 0.6) is 0 Å². The first kappa shape index (κ1) is 18.0. The van der Waals surface area contributed by atoms with Crippen LogP contribution < -0.4 is 5.32 Å². The predicted octanol–water partition coefficient (Wildman–Crippen LogP) is 4.30. The fourth-order valence-corrected chi connectivity index (χ4v) is 3.52. The standard InChI is InChI=1S/C18H38N2/c1-15(2)12-16(3)20(7)14-18(10-8-9-11-18)13-19-17(4,5)6/h15-16,19H,8-14H2,1-7H3. The van der Waals surface area contributed by atoms with E-state index in [4.69, 9.17) is 0 Å². The summed E-state index contributed by atoms with van der Waals surface area (Å²) in [6.45, 7) is 16.3. The average molecular weight is 283 g/mol. The first-order valence-corrected chi connectivity index (χ1v) is 8.59. The van der Waals surface area contributed by atoms with E-state index in [-0.39, 0.29) is 5.54 Å². The van der Waals surface area contributed by atoms with Crippen molar-refractivity contribution in [2.24, 2.45) is 11.3 Å². The quantitative estimate of drug-likeness (QED) is 0.749. The molecule has 120 valence electrons. The van der Waals surface area contributed by atoms with Crippen molar-refractivity contribution in [1.82, 2.24) is 10.2 Å². The maximum atomic E-state index is 3.76. The largest absolute Gasteiger partial charge is 0.311 e. The molecule has 0 aromatic rings. The van der Waals surface area contributed by atoms with Crippen LogP contribution >= 0.6 is 0 Å². The Morgan fingerprint density at radius 3 is 2.10 bits per heavy atom. The van der Waals surface area contributed by atoms with Gasteiger partial charge < -0.3 is 10.2 Å². The molecule has 0 spiro atoms. The van der Waals surface area contributed by atoms with Crippen molar-refractivity contribution in [2.45, 2.75) is 85.2 Å². The molecule has 1 aliphatic rings. The van der Waals surface area contributed by atoms with E-state index in [1.54, 1.807) is 0 Å². The molecule has 1 N–H and O–H groups in total. The molecular weight excluding hydrogens is 244 g/mol. The summed E-state index contributed by atoms with van der Waals surface area (Å²) >= 11 is 0. The van der Waals surface area contributed by atoms with E-state index < -0.39 is 0 Å². The summed E-state index contributed by atoms with van der Waals surface area (Å²) in [7, 11) is 2.32. The van der Waals surface area contributed by atoms with Gasteiger partial charge in [-0.2, -0.15) is 0 Å². The maximum Gasteiger partial charge on any atom is 0.00967 e. The molecule has 2 nitrogen and oxygen atoms in total. The summed E-state index contributed by atoms with van der Waals surface area (Å²) in [6.07, 6.45) is 6.93. The Morgan fingerprint density at radius 2 is 1.65 bits per heavy atom. The van der Waals surface area contributed by atoms with Crippen molar-refractivity contribution in [3.63, 3.8) is 0 Å². The van der Waals surface area contributed by atoms with E-state index in [2.05, 4.69) is 58.8 Å². The van der Waals surface area contributed by atoms with Gasteiger partial charge in [0.05, 0.1) is 0 Å². The summed E-state index contributed by atoms with van der Waals surface area (Å²) in [4.78, 5) is 2.61. The molecule has 1 unspecified atom stereocenters. The molecule has 0 heterocycles. The van der Waals surface area contributed by atoms with E-state index in [1.807, 2.05) is 0 Å². The fraction of sp³-hybridized carbons (Fsp3) is 1.00. The van der Waals surface area contributed by atoms with E-state index in [0.29, 0.717) is 11.5 Å². The smallest absolute Gasteiger partial charge is 0.00967 e. The zero-order valence-electron chi connectivity index (χ0n) is 15.1. The normalized spacial score (nSPS) is 20.9. The van der Waals surface area contributed by atoms with Crippen LogP contribution in [-0.2, 0) is 0 Å². The Morgan fingerprint density at radius 1 is 1.10 bits per heavy atom. The van der Waals surface area contributed by atoms with Crippen LogP contribution in [0.4, 0.5) is 0 Å². The lowest BCUT2D eigenvalue weighted by Gasteiger charge is -2.39. The first-order chi connectivity index (χ1) is 9.14. The lowest BCUT2D eigenvalue weighted by molar-refractivity contribution is 0.124. The molecule has 0 aromatic carbocycles. The molecule has 0 aromatic heterocycles. The fourth-order valence-electron chi connectivity index (χ4n) is 3.52. The second-order valence-electron chi connectivity index (χ2n) is 8.70. The molecule has 2 heteroatoms. The molecule has 0 bridgehead atoms. The third-order valence-electron chi connectivity index (χ3n) is 4.81. The topological polar surface area (TPSA) is 15.3 Å². The molecule has 1 aliphatic carbocycles. The molecule has 1 fully saturated rings. The number of rotatable bonds is 7. The Labute approximate surface area is 127 Å². The van der Waals surface area contributed by atoms with Gasteiger partial charge in [0.15, 0.2) is 0 Å². The maximum absolute atomic E-state index is 3.76. The summed E-state index contributed by atoms with van der Waals surface area (Å²) in [6, 6.07) is 0.696. The highest BCUT2D eigenvalue weighted by molar-refractivity contribution is 4.91. The van der Waals surface area contributed by atoms with Crippen molar-refractivity contribution in [1.29, 1.82) is 0 Å². The van der Waals surface area contributed by atoms with Gasteiger partial charge >= 0.3 is 0 Å². The molecule has 1 rings (SSSR count). The van der Waals surface area contributed by atoms with Crippen LogP contribution in [0.1, 0.15) is 73.6 Å². The minimum absolute atomic E-state index is 0.234. The number of nitrogens with zero attached hydrogens (tertiary/aromatic N) is 1. The van der Waals surface area contributed by atoms with Gasteiger partial charge in [0.2, 0.25) is 0 Å². The summed E-state index contributed by atoms with van der Waals surface area (Å²) in [5.74, 6) is 0.791. The van der Waals surface area contributed by atoms with Gasteiger partial charge in [-0.25, -0.2) is 0 Å². The highest BCUT2D eigenvalue weighted by Gasteiger charge is 2.36. The van der Waals surface area contributed by atoms with Crippen molar-refractivity contribution >= 4 is 0 Å². The van der Waals surface area contributed by atoms with Crippen molar-refractivity contribution in [2.75, 3.05) is 20.1 Å². The lowest BCUT2D eigenvalue weighted by Crippen LogP contribution is -2.48. The number of hydrogen-bond donors (Lipinski definition) is 1. The van der Waals surface area contributed by atoms with Crippen molar-refractivity contribution in [3.05, 3.63) is 0 Å². The average Bonchev–Trinajstić information content (AvgIpc) is 2.74.